The van der Waals surface area contributed by atoms with E-state index < -0.39 is 285 Å². The van der Waals surface area contributed by atoms with E-state index >= 15 is 38.4 Å². The molecule has 22 N–H and O–H groups in total. The molecule has 16 atom stereocenters. The van der Waals surface area contributed by atoms with Crippen molar-refractivity contribution in [2.24, 2.45) is 11.5 Å². The van der Waals surface area contributed by atoms with Gasteiger partial charge in [-0.1, -0.05) is 95.0 Å². The van der Waals surface area contributed by atoms with Gasteiger partial charge in [-0.05, 0) is 86.4 Å². The molecule has 3 aliphatic rings. The van der Waals surface area contributed by atoms with Crippen LogP contribution in [-0.2, 0) is 110 Å². The molecule has 3 fully saturated rings. The number of aromatic amines is 3. The maximum absolute atomic E-state index is 15.7. The minimum atomic E-state index is -1.96. The highest BCUT2D eigenvalue weighted by Crippen LogP contribution is 2.31. The molecule has 9 rings (SSSR count). The SMILES string of the molecule is CCCC[C@H]1C(=O)N(C)[C@@H](CCCC)C(=O)N[C@@H](CCC(=O)O)C(=O)N[C@H](C(=O)NCC(N)=O)CSCC(=O)N[C@@H](Cc2ccc(O)cc2)C(=O)N(C)[C@@H](C)C(=O)N[C@@H](CC(=O)O)C(=O)N2CCC[C@H]2C(=O)N[C@@H](Cc2c[nH]cn2)C(=O)N[C@@H](CCC(N)=O)C(=O)N2C[C@H](O)C[C@H]2C(=O)N[C@@H]([C@@H](C)c2c[nH]c3ccccc23)C(=O)N[C@@H](CO)C(=O)N[C@@H](Cc2c[nH]c3ccccc23)C(=O)N1C. The third kappa shape index (κ3) is 28.5. The largest absolute Gasteiger partial charge is 0.508 e. The number of aliphatic hydroxyl groups is 2. The van der Waals surface area contributed by atoms with Gasteiger partial charge in [0.1, 0.15) is 90.3 Å². The van der Waals surface area contributed by atoms with Crippen molar-refractivity contribution in [3.8, 4) is 5.75 Å². The smallest absolute Gasteiger partial charge is 0.305 e. The Morgan fingerprint density at radius 3 is 1.77 bits per heavy atom. The van der Waals surface area contributed by atoms with Crippen LogP contribution in [0.1, 0.15) is 146 Å². The van der Waals surface area contributed by atoms with Crippen molar-refractivity contribution in [3.63, 3.8) is 0 Å². The first-order valence-electron chi connectivity index (χ1n) is 44.9. The highest BCUT2D eigenvalue weighted by Gasteiger charge is 2.47. The molecular weight excluding hydrogens is 1790 g/mol. The molecule has 6 aromatic rings. The Hall–Kier alpha value is -14.1. The number of rotatable bonds is 26. The van der Waals surface area contributed by atoms with Gasteiger partial charge in [0.2, 0.25) is 100 Å². The number of carbonyl (C=O) groups excluding carboxylic acids is 17. The van der Waals surface area contributed by atoms with Crippen LogP contribution in [0.2, 0.25) is 0 Å². The van der Waals surface area contributed by atoms with Crippen LogP contribution in [-0.4, -0.2) is 332 Å². The van der Waals surface area contributed by atoms with Crippen molar-refractivity contribution in [2.75, 3.05) is 58.9 Å². The average Bonchev–Trinajstić information content (AvgIpc) is 1.73. The predicted octanol–water partition coefficient (Wildman–Crippen LogP) is -2.95. The number of H-pyrrole nitrogens is 3. The van der Waals surface area contributed by atoms with Crippen LogP contribution >= 0.6 is 11.8 Å². The quantitative estimate of drug-likeness (QED) is 0.0258. The molecule has 45 nitrogen and oxygen atoms in total. The number of primary amides is 2. The van der Waals surface area contributed by atoms with Crippen LogP contribution < -0.4 is 64.6 Å². The second-order valence-corrected chi connectivity index (χ2v) is 35.2. The van der Waals surface area contributed by atoms with E-state index in [0.717, 1.165) is 31.5 Å². The molecule has 46 heteroatoms. The number of hydrogen-bond donors (Lipinski definition) is 20. The number of carboxylic acids is 2. The zero-order valence-electron chi connectivity index (χ0n) is 76.5. The minimum Gasteiger partial charge on any atom is -0.508 e. The highest BCUT2D eigenvalue weighted by molar-refractivity contribution is 8.00. The standard InChI is InChI=1S/C90H121N21O24S/c1-8-10-21-67-82(127)99-59(29-31-74(118)119)79(124)105-66(78(123)96-41-72(92)116)44-136-45-73(117)98-62(33-49-24-26-52(113)27-25-49)86(131)107(5)48(4)77(122)102-64(37-75(120)121)89(134)110-32-16-23-68(110)83(128)101-61(35-51-39-93-46-97-51)80(125)100-60(28-30-71(91)115)88(133)111-42-53(114)36-70(111)84(129)106-76(47(3)56-40-95-58-20-15-13-18-55(56)58)85(130)104-65(43-112)81(126)103-63(34-50-38-94-57-19-14-12-17-54(50)57)87(132)109(7)69(22-11-9-2)90(135)108(67)6/h12-15,17-20,24-27,38-40,46-48,53,59-70,76,94-95,112-114H,8-11,16,21-23,28-37,41-45H2,1-7H3,(H2,91,115)(H2,92,116)(H,93,97)(H,96,123)(H,98,117)(H,99,127)(H,100,125)(H,101,128)(H,102,122)(H,103,126)(H,104,130)(H,105,124)(H,106,129)(H,118,119)(H,120,121)/t47-,48-,53+,59-,60-,61-,62-,63-,64-,65-,66-,67-,68-,69-,70-,76-/m0/s1. The summed E-state index contributed by atoms with van der Waals surface area (Å²) in [4.78, 5) is 293. The number of imidazole rings is 1. The summed E-state index contributed by atoms with van der Waals surface area (Å²) in [6.45, 7) is 3.59. The zero-order valence-corrected chi connectivity index (χ0v) is 77.3. The Morgan fingerprint density at radius 1 is 0.551 bits per heavy atom. The number of carboxylic acid groups (broad SMARTS) is 2. The van der Waals surface area contributed by atoms with Crippen molar-refractivity contribution >= 4 is 146 Å². The third-order valence-corrected chi connectivity index (χ3v) is 25.4. The lowest BCUT2D eigenvalue weighted by atomic mass is 9.91. The summed E-state index contributed by atoms with van der Waals surface area (Å²) in [6, 6.07) is -4.48. The molecule has 17 amide bonds. The lowest BCUT2D eigenvalue weighted by molar-refractivity contribution is -0.149. The Bertz CT molecular complexity index is 5320. The van der Waals surface area contributed by atoms with E-state index in [1.807, 2.05) is 0 Å². The number of likely N-dealkylation sites (N-methyl/N-ethyl adjacent to an activating group) is 3. The van der Waals surface area contributed by atoms with Crippen molar-refractivity contribution in [1.29, 1.82) is 0 Å². The van der Waals surface area contributed by atoms with Gasteiger partial charge in [0.05, 0.1) is 43.5 Å². The first-order valence-corrected chi connectivity index (χ1v) is 46.0. The van der Waals surface area contributed by atoms with Crippen molar-refractivity contribution in [3.05, 3.63) is 120 Å². The molecule has 3 aromatic carbocycles. The number of unbranched alkanes of at least 4 members (excludes halogenated alkanes) is 2. The van der Waals surface area contributed by atoms with Crippen LogP contribution in [0, 0.1) is 0 Å². The molecule has 3 saturated heterocycles. The fourth-order valence-electron chi connectivity index (χ4n) is 16.7. The second kappa shape index (κ2) is 49.8. The molecule has 136 heavy (non-hydrogen) atoms. The Labute approximate surface area is 786 Å². The van der Waals surface area contributed by atoms with Gasteiger partial charge < -0.3 is 130 Å². The number of benzene rings is 3. The number of carbonyl (C=O) groups is 19. The second-order valence-electron chi connectivity index (χ2n) is 34.2. The molecule has 0 saturated carbocycles. The fraction of sp³-hybridized carbons (Fsp3) is 0.511. The summed E-state index contributed by atoms with van der Waals surface area (Å²) in [5.41, 5.74) is 13.6. The highest BCUT2D eigenvalue weighted by atomic mass is 32.2. The summed E-state index contributed by atoms with van der Waals surface area (Å²) in [5, 5.41) is 79.8. The number of nitrogens with one attached hydrogen (secondary N) is 13. The lowest BCUT2D eigenvalue weighted by Crippen LogP contribution is -2.62. The van der Waals surface area contributed by atoms with Crippen LogP contribution in [0.5, 0.6) is 5.75 Å². The molecular formula is C90H121N21O24S. The molecule has 736 valence electrons. The van der Waals surface area contributed by atoms with Gasteiger partial charge in [-0.3, -0.25) is 91.1 Å². The maximum Gasteiger partial charge on any atom is 0.305 e. The average molecular weight is 1910 g/mol. The summed E-state index contributed by atoms with van der Waals surface area (Å²) >= 11 is 0.685. The molecule has 0 spiro atoms. The van der Waals surface area contributed by atoms with E-state index in [1.165, 1.54) is 57.8 Å². The monoisotopic (exact) mass is 1910 g/mol. The van der Waals surface area contributed by atoms with Gasteiger partial charge in [0, 0.05) is 125 Å². The summed E-state index contributed by atoms with van der Waals surface area (Å²) in [6.07, 6.45) is 0.282. The topological polar surface area (TPSA) is 674 Å². The van der Waals surface area contributed by atoms with Crippen LogP contribution in [0.25, 0.3) is 21.8 Å². The third-order valence-electron chi connectivity index (χ3n) is 24.4. The van der Waals surface area contributed by atoms with E-state index in [1.54, 1.807) is 81.7 Å². The van der Waals surface area contributed by atoms with Gasteiger partial charge in [-0.2, -0.15) is 0 Å². The molecule has 0 radical (unpaired) electrons. The van der Waals surface area contributed by atoms with Crippen LogP contribution in [0.4, 0.5) is 0 Å². The number of fused-ring (bicyclic) bond motifs is 4. The summed E-state index contributed by atoms with van der Waals surface area (Å²) in [5.74, 6) is -23.2. The van der Waals surface area contributed by atoms with Crippen molar-refractivity contribution in [1.82, 2.24) is 97.6 Å². The fourth-order valence-corrected chi connectivity index (χ4v) is 17.5. The normalized spacial score (nSPS) is 24.9. The zero-order chi connectivity index (χ0) is 99.5. The molecule has 3 aromatic heterocycles. The summed E-state index contributed by atoms with van der Waals surface area (Å²) in [7, 11) is 3.72. The van der Waals surface area contributed by atoms with E-state index in [2.05, 4.69) is 73.1 Å². The maximum atomic E-state index is 15.7. The van der Waals surface area contributed by atoms with E-state index in [-0.39, 0.29) is 69.4 Å². The number of aliphatic hydroxyl groups excluding tert-OH is 2. The Balaban J connectivity index is 1.11. The van der Waals surface area contributed by atoms with E-state index in [9.17, 15) is 78.3 Å². The number of nitrogens with zero attached hydrogens (tertiary/aromatic N) is 6. The first kappa shape index (κ1) is 106. The van der Waals surface area contributed by atoms with Gasteiger partial charge in [-0.25, -0.2) is 4.98 Å². The number of amides is 17. The number of thioether (sulfide) groups is 1. The van der Waals surface area contributed by atoms with E-state index in [4.69, 9.17) is 11.5 Å². The number of aliphatic carboxylic acids is 2. The number of para-hydroxylation sites is 2. The van der Waals surface area contributed by atoms with Crippen LogP contribution in [0.3, 0.4) is 0 Å². The van der Waals surface area contributed by atoms with Gasteiger partial charge >= 0.3 is 11.9 Å². The number of nitrogens with two attached hydrogens (primary N) is 2. The van der Waals surface area contributed by atoms with Gasteiger partial charge in [0.15, 0.2) is 0 Å². The van der Waals surface area contributed by atoms with Crippen LogP contribution in [0.15, 0.2) is 97.7 Å². The van der Waals surface area contributed by atoms with Gasteiger partial charge in [0.25, 0.3) is 0 Å². The number of hydrogen-bond acceptors (Lipinski definition) is 24. The number of phenols is 1. The first-order chi connectivity index (χ1) is 64.7. The van der Waals surface area contributed by atoms with E-state index in [0.29, 0.717) is 63.1 Å². The lowest BCUT2D eigenvalue weighted by Gasteiger charge is -2.36. The molecule has 0 unspecified atom stereocenters. The van der Waals surface area contributed by atoms with Crippen molar-refractivity contribution in [2.45, 2.75) is 233 Å². The minimum absolute atomic E-state index is 0.0668. The Kier molecular flexibility index (Phi) is 38.7. The molecule has 3 aliphatic heterocycles. The number of aromatic nitrogens is 4. The van der Waals surface area contributed by atoms with Crippen molar-refractivity contribution < 1.29 is 117 Å². The predicted molar refractivity (Wildman–Crippen MR) is 490 cm³/mol. The van der Waals surface area contributed by atoms with Gasteiger partial charge in [-0.15, -0.1) is 11.8 Å². The molecule has 6 heterocycles. The number of phenolic OH excluding ortho intramolecular Hbond substituents is 1. The molecule has 0 aliphatic carbocycles. The summed E-state index contributed by atoms with van der Waals surface area (Å²) < 4.78 is 0. The Morgan fingerprint density at radius 2 is 1.12 bits per heavy atom. The molecule has 0 bridgehead atoms. The number of aromatic hydroxyl groups is 1.